The second kappa shape index (κ2) is 5.60. The van der Waals surface area contributed by atoms with Crippen LogP contribution in [0.25, 0.3) is 0 Å². The summed E-state index contributed by atoms with van der Waals surface area (Å²) in [6.45, 7) is 2.47. The van der Waals surface area contributed by atoms with Gasteiger partial charge >= 0.3 is 0 Å². The highest BCUT2D eigenvalue weighted by Gasteiger charge is 2.31. The average molecular weight is 302 g/mol. The number of methoxy groups -OCH3 is 1. The number of hydrogen-bond donors (Lipinski definition) is 1. The summed E-state index contributed by atoms with van der Waals surface area (Å²) >= 11 is 1.78. The van der Waals surface area contributed by atoms with Gasteiger partial charge in [0.25, 0.3) is 0 Å². The van der Waals surface area contributed by atoms with E-state index in [0.29, 0.717) is 18.0 Å². The third kappa shape index (κ3) is 2.82. The number of ether oxygens (including phenoxy) is 1. The smallest absolute Gasteiger partial charge is 0.243 e. The van der Waals surface area contributed by atoms with Crippen LogP contribution in [-0.4, -0.2) is 43.9 Å². The first-order chi connectivity index (χ1) is 8.96. The molecule has 1 atom stereocenters. The van der Waals surface area contributed by atoms with Crippen LogP contribution in [0, 0.1) is 0 Å². The van der Waals surface area contributed by atoms with Crippen LogP contribution in [0.5, 0.6) is 5.75 Å². The highest BCUT2D eigenvalue weighted by Crippen LogP contribution is 2.29. The number of benzene rings is 1. The molecule has 0 aromatic heterocycles. The van der Waals surface area contributed by atoms with Crippen LogP contribution in [0.15, 0.2) is 23.1 Å². The Hall–Kier alpha value is -0.920. The topological polar surface area (TPSA) is 72.6 Å². The molecule has 0 spiro atoms. The van der Waals surface area contributed by atoms with Gasteiger partial charge in [-0.05, 0) is 25.1 Å². The fourth-order valence-electron chi connectivity index (χ4n) is 2.08. The maximum Gasteiger partial charge on any atom is 0.243 e. The molecule has 7 heteroatoms. The second-order valence-electron chi connectivity index (χ2n) is 4.44. The highest BCUT2D eigenvalue weighted by atomic mass is 32.2. The van der Waals surface area contributed by atoms with Crippen LogP contribution in [0.4, 0.5) is 5.69 Å². The Morgan fingerprint density at radius 3 is 2.79 bits per heavy atom. The van der Waals surface area contributed by atoms with Crippen molar-refractivity contribution in [3.63, 3.8) is 0 Å². The molecule has 1 aromatic rings. The number of nitrogens with two attached hydrogens (primary N) is 1. The van der Waals surface area contributed by atoms with E-state index in [4.69, 9.17) is 10.5 Å². The predicted molar refractivity (Wildman–Crippen MR) is 78.1 cm³/mol. The van der Waals surface area contributed by atoms with E-state index in [1.54, 1.807) is 28.2 Å². The number of sulfonamides is 1. The van der Waals surface area contributed by atoms with Gasteiger partial charge in [0.2, 0.25) is 10.0 Å². The van der Waals surface area contributed by atoms with E-state index in [1.165, 1.54) is 13.2 Å². The number of thioether (sulfide) groups is 1. The van der Waals surface area contributed by atoms with Gasteiger partial charge in [-0.25, -0.2) is 8.42 Å². The SMILES string of the molecule is COc1ccc(S(=O)(=O)N2CCSCC2C)cc1N. The molecule has 1 heterocycles. The lowest BCUT2D eigenvalue weighted by Crippen LogP contribution is -2.44. The summed E-state index contributed by atoms with van der Waals surface area (Å²) in [6, 6.07) is 4.60. The van der Waals surface area contributed by atoms with Gasteiger partial charge in [-0.2, -0.15) is 16.1 Å². The molecule has 1 saturated heterocycles. The Balaban J connectivity index is 2.36. The average Bonchev–Trinajstić information content (AvgIpc) is 2.39. The monoisotopic (exact) mass is 302 g/mol. The standard InChI is InChI=1S/C12H18N2O3S2/c1-9-8-18-6-5-14(9)19(15,16)10-3-4-12(17-2)11(13)7-10/h3-4,7,9H,5-6,8,13H2,1-2H3. The Bertz CT molecular complexity index is 560. The predicted octanol–water partition coefficient (Wildman–Crippen LogP) is 1.40. The summed E-state index contributed by atoms with van der Waals surface area (Å²) in [5, 5.41) is 0. The van der Waals surface area contributed by atoms with Crippen molar-refractivity contribution in [2.45, 2.75) is 17.9 Å². The quantitative estimate of drug-likeness (QED) is 0.855. The summed E-state index contributed by atoms with van der Waals surface area (Å²) < 4.78 is 31.7. The van der Waals surface area contributed by atoms with Gasteiger partial charge in [0, 0.05) is 24.1 Å². The minimum atomic E-state index is -3.47. The molecule has 0 aliphatic carbocycles. The van der Waals surface area contributed by atoms with E-state index in [1.807, 2.05) is 6.92 Å². The first-order valence-electron chi connectivity index (χ1n) is 6.00. The van der Waals surface area contributed by atoms with Crippen LogP contribution < -0.4 is 10.5 Å². The molecule has 1 aromatic carbocycles. The molecule has 19 heavy (non-hydrogen) atoms. The van der Waals surface area contributed by atoms with Crippen molar-refractivity contribution in [1.82, 2.24) is 4.31 Å². The van der Waals surface area contributed by atoms with Gasteiger partial charge in [0.15, 0.2) is 0 Å². The molecule has 2 N–H and O–H groups in total. The number of hydrogen-bond acceptors (Lipinski definition) is 5. The zero-order valence-corrected chi connectivity index (χ0v) is 12.6. The van der Waals surface area contributed by atoms with Crippen molar-refractivity contribution >= 4 is 27.5 Å². The maximum atomic E-state index is 12.6. The zero-order valence-electron chi connectivity index (χ0n) is 11.0. The summed E-state index contributed by atoms with van der Waals surface area (Å²) in [6.07, 6.45) is 0. The first kappa shape index (κ1) is 14.5. The fourth-order valence-corrected chi connectivity index (χ4v) is 4.97. The van der Waals surface area contributed by atoms with E-state index in [-0.39, 0.29) is 10.9 Å². The van der Waals surface area contributed by atoms with Gasteiger partial charge in [-0.3, -0.25) is 0 Å². The number of anilines is 1. The van der Waals surface area contributed by atoms with Crippen LogP contribution in [0.1, 0.15) is 6.92 Å². The third-order valence-corrected chi connectivity index (χ3v) is 6.31. The maximum absolute atomic E-state index is 12.6. The van der Waals surface area contributed by atoms with Crippen molar-refractivity contribution < 1.29 is 13.2 Å². The molecule has 0 amide bonds. The number of rotatable bonds is 3. The van der Waals surface area contributed by atoms with Crippen molar-refractivity contribution in [2.75, 3.05) is 30.9 Å². The molecule has 1 aliphatic rings. The lowest BCUT2D eigenvalue weighted by molar-refractivity contribution is 0.367. The van der Waals surface area contributed by atoms with Crippen molar-refractivity contribution in [3.05, 3.63) is 18.2 Å². The normalized spacial score (nSPS) is 21.3. The van der Waals surface area contributed by atoms with Crippen LogP contribution >= 0.6 is 11.8 Å². The van der Waals surface area contributed by atoms with E-state index in [2.05, 4.69) is 0 Å². The van der Waals surface area contributed by atoms with Crippen molar-refractivity contribution in [2.24, 2.45) is 0 Å². The fraction of sp³-hybridized carbons (Fsp3) is 0.500. The molecule has 0 bridgehead atoms. The van der Waals surface area contributed by atoms with E-state index in [0.717, 1.165) is 11.5 Å². The lowest BCUT2D eigenvalue weighted by atomic mass is 10.3. The Morgan fingerprint density at radius 1 is 1.47 bits per heavy atom. The minimum Gasteiger partial charge on any atom is -0.495 e. The molecule has 1 fully saturated rings. The molecule has 1 aliphatic heterocycles. The van der Waals surface area contributed by atoms with Crippen LogP contribution in [0.2, 0.25) is 0 Å². The first-order valence-corrected chi connectivity index (χ1v) is 8.59. The number of nitrogens with zero attached hydrogens (tertiary/aromatic N) is 1. The molecular formula is C12H18N2O3S2. The van der Waals surface area contributed by atoms with Crippen molar-refractivity contribution in [3.8, 4) is 5.75 Å². The summed E-state index contributed by atoms with van der Waals surface area (Å²) in [5.74, 6) is 2.14. The van der Waals surface area contributed by atoms with Crippen LogP contribution in [0.3, 0.4) is 0 Å². The van der Waals surface area contributed by atoms with Gasteiger partial charge in [0.1, 0.15) is 5.75 Å². The molecule has 106 valence electrons. The zero-order chi connectivity index (χ0) is 14.0. The van der Waals surface area contributed by atoms with Gasteiger partial charge in [0.05, 0.1) is 17.7 Å². The largest absolute Gasteiger partial charge is 0.495 e. The third-order valence-electron chi connectivity index (χ3n) is 3.11. The summed E-state index contributed by atoms with van der Waals surface area (Å²) in [5.41, 5.74) is 6.12. The molecule has 0 radical (unpaired) electrons. The van der Waals surface area contributed by atoms with Gasteiger partial charge in [-0.15, -0.1) is 0 Å². The highest BCUT2D eigenvalue weighted by molar-refractivity contribution is 7.99. The van der Waals surface area contributed by atoms with Gasteiger partial charge in [-0.1, -0.05) is 0 Å². The minimum absolute atomic E-state index is 0.00655. The lowest BCUT2D eigenvalue weighted by Gasteiger charge is -2.32. The van der Waals surface area contributed by atoms with E-state index < -0.39 is 10.0 Å². The molecular weight excluding hydrogens is 284 g/mol. The Kier molecular flexibility index (Phi) is 4.27. The second-order valence-corrected chi connectivity index (χ2v) is 7.48. The number of nitrogen functional groups attached to an aromatic ring is 1. The Morgan fingerprint density at radius 2 is 2.21 bits per heavy atom. The Labute approximate surface area is 118 Å². The molecule has 5 nitrogen and oxygen atoms in total. The summed E-state index contributed by atoms with van der Waals surface area (Å²) in [7, 11) is -1.97. The van der Waals surface area contributed by atoms with Crippen molar-refractivity contribution in [1.29, 1.82) is 0 Å². The molecule has 0 saturated carbocycles. The summed E-state index contributed by atoms with van der Waals surface area (Å²) in [4.78, 5) is 0.226. The van der Waals surface area contributed by atoms with E-state index in [9.17, 15) is 8.42 Å². The van der Waals surface area contributed by atoms with Gasteiger partial charge < -0.3 is 10.5 Å². The van der Waals surface area contributed by atoms with E-state index >= 15 is 0 Å². The molecule has 2 rings (SSSR count). The van der Waals surface area contributed by atoms with Crippen LogP contribution in [-0.2, 0) is 10.0 Å². The molecule has 1 unspecified atom stereocenters.